The lowest BCUT2D eigenvalue weighted by atomic mass is 9.86. The monoisotopic (exact) mass is 473 g/mol. The second kappa shape index (κ2) is 8.13. The molecule has 178 valence electrons. The maximum atomic E-state index is 13.9. The van der Waals surface area contributed by atoms with Crippen molar-refractivity contribution in [1.82, 2.24) is 4.90 Å². The molecule has 6 rings (SSSR count). The highest BCUT2D eigenvalue weighted by molar-refractivity contribution is 6.14. The number of fused-ring (bicyclic) bond motifs is 5. The van der Waals surface area contributed by atoms with Gasteiger partial charge >= 0.3 is 0 Å². The molecule has 0 aliphatic carbocycles. The van der Waals surface area contributed by atoms with Crippen LogP contribution in [0.1, 0.15) is 28.8 Å². The van der Waals surface area contributed by atoms with E-state index in [-0.39, 0.29) is 35.7 Å². The SMILES string of the molecule is O=C(c1cccc([N+](=O)[O-])c1)[C@H]1[C@@H]2C(=O)N(C[C@@H]3CCCO3)C(=O)[C@@H]2[C@H]2C=Cc3ccccc3N21. The number of nitro groups is 1. The first-order valence-electron chi connectivity index (χ1n) is 11.8. The lowest BCUT2D eigenvalue weighted by Crippen LogP contribution is -2.49. The van der Waals surface area contributed by atoms with E-state index in [4.69, 9.17) is 4.74 Å². The second-order valence-corrected chi connectivity index (χ2v) is 9.41. The van der Waals surface area contributed by atoms with E-state index in [0.29, 0.717) is 6.61 Å². The molecule has 5 atom stereocenters. The molecule has 4 aliphatic heterocycles. The molecule has 0 bridgehead atoms. The van der Waals surface area contributed by atoms with Gasteiger partial charge in [-0.3, -0.25) is 29.4 Å². The van der Waals surface area contributed by atoms with E-state index in [1.165, 1.54) is 29.2 Å². The predicted octanol–water partition coefficient (Wildman–Crippen LogP) is 2.84. The number of hydrogen-bond acceptors (Lipinski definition) is 7. The van der Waals surface area contributed by atoms with Crippen LogP contribution in [0.5, 0.6) is 0 Å². The zero-order valence-electron chi connectivity index (χ0n) is 18.8. The molecule has 0 N–H and O–H groups in total. The quantitative estimate of drug-likeness (QED) is 0.284. The Morgan fingerprint density at radius 3 is 2.66 bits per heavy atom. The number of rotatable bonds is 5. The third kappa shape index (κ3) is 3.30. The number of benzene rings is 2. The third-order valence-corrected chi connectivity index (χ3v) is 7.53. The molecule has 4 aliphatic rings. The molecular weight excluding hydrogens is 450 g/mol. The summed E-state index contributed by atoms with van der Waals surface area (Å²) in [6.45, 7) is 0.799. The van der Waals surface area contributed by atoms with Gasteiger partial charge in [-0.05, 0) is 24.5 Å². The fraction of sp³-hybridized carbons (Fsp3) is 0.346. The Balaban J connectivity index is 1.44. The molecular formula is C26H23N3O6. The number of likely N-dealkylation sites (tertiary alicyclic amines) is 1. The Bertz CT molecular complexity index is 1280. The van der Waals surface area contributed by atoms with Gasteiger partial charge in [0.05, 0.1) is 35.4 Å². The number of hydrogen-bond donors (Lipinski definition) is 0. The van der Waals surface area contributed by atoms with Gasteiger partial charge in [-0.1, -0.05) is 42.5 Å². The maximum absolute atomic E-state index is 13.9. The van der Waals surface area contributed by atoms with Gasteiger partial charge in [-0.2, -0.15) is 0 Å². The topological polar surface area (TPSA) is 110 Å². The van der Waals surface area contributed by atoms with Crippen molar-refractivity contribution >= 4 is 35.0 Å². The normalized spacial score (nSPS) is 28.7. The van der Waals surface area contributed by atoms with Crippen LogP contribution in [0.4, 0.5) is 11.4 Å². The van der Waals surface area contributed by atoms with Gasteiger partial charge in [0.2, 0.25) is 11.8 Å². The molecule has 3 fully saturated rings. The summed E-state index contributed by atoms with van der Waals surface area (Å²) in [5, 5.41) is 11.3. The first kappa shape index (κ1) is 21.7. The summed E-state index contributed by atoms with van der Waals surface area (Å²) in [5.74, 6) is -2.66. The van der Waals surface area contributed by atoms with E-state index in [0.717, 1.165) is 24.1 Å². The van der Waals surface area contributed by atoms with E-state index in [1.807, 2.05) is 41.3 Å². The molecule has 2 amide bonds. The Morgan fingerprint density at radius 2 is 1.89 bits per heavy atom. The first-order chi connectivity index (χ1) is 17.0. The highest BCUT2D eigenvalue weighted by Gasteiger charge is 2.64. The number of imide groups is 1. The summed E-state index contributed by atoms with van der Waals surface area (Å²) in [6.07, 6.45) is 5.30. The number of nitrogens with zero attached hydrogens (tertiary/aromatic N) is 3. The fourth-order valence-corrected chi connectivity index (χ4v) is 5.99. The third-order valence-electron chi connectivity index (χ3n) is 7.53. The molecule has 35 heavy (non-hydrogen) atoms. The van der Waals surface area contributed by atoms with Gasteiger partial charge in [0.15, 0.2) is 5.78 Å². The van der Waals surface area contributed by atoms with Crippen LogP contribution >= 0.6 is 0 Å². The van der Waals surface area contributed by atoms with E-state index in [2.05, 4.69) is 0 Å². The lowest BCUT2D eigenvalue weighted by Gasteiger charge is -2.36. The van der Waals surface area contributed by atoms with Crippen molar-refractivity contribution in [3.05, 3.63) is 75.8 Å². The molecule has 0 unspecified atom stereocenters. The first-order valence-corrected chi connectivity index (χ1v) is 11.8. The summed E-state index contributed by atoms with van der Waals surface area (Å²) in [4.78, 5) is 55.1. The van der Waals surface area contributed by atoms with Crippen LogP contribution in [0, 0.1) is 22.0 Å². The van der Waals surface area contributed by atoms with Crippen molar-refractivity contribution in [2.75, 3.05) is 18.1 Å². The number of anilines is 1. The molecule has 0 spiro atoms. The summed E-state index contributed by atoms with van der Waals surface area (Å²) >= 11 is 0. The number of ether oxygens (including phenoxy) is 1. The van der Waals surface area contributed by atoms with Crippen LogP contribution in [0.15, 0.2) is 54.6 Å². The second-order valence-electron chi connectivity index (χ2n) is 9.41. The molecule has 2 aromatic rings. The Hall–Kier alpha value is -3.85. The van der Waals surface area contributed by atoms with E-state index >= 15 is 0 Å². The fourth-order valence-electron chi connectivity index (χ4n) is 5.99. The summed E-state index contributed by atoms with van der Waals surface area (Å²) in [5.41, 5.74) is 1.60. The standard InChI is InChI=1S/C26H23N3O6/c30-24(16-6-3-7-17(13-16)29(33)34)23-22-21(20-11-10-15-5-1-2-9-19(15)28(20)23)25(31)27(26(22)32)14-18-8-4-12-35-18/h1-3,5-7,9-11,13,18,20-23H,4,8,12,14H2/t18-,20+,21+,22+,23+/m0/s1. The van der Waals surface area contributed by atoms with Crippen LogP contribution in [0.3, 0.4) is 0 Å². The number of nitro benzene ring substituents is 1. The Morgan fingerprint density at radius 1 is 1.09 bits per heavy atom. The van der Waals surface area contributed by atoms with Crippen molar-refractivity contribution in [2.24, 2.45) is 11.8 Å². The maximum Gasteiger partial charge on any atom is 0.270 e. The largest absolute Gasteiger partial charge is 0.376 e. The molecule has 0 saturated carbocycles. The Labute approximate surface area is 201 Å². The number of amides is 2. The minimum absolute atomic E-state index is 0.147. The average molecular weight is 473 g/mol. The molecule has 4 heterocycles. The van der Waals surface area contributed by atoms with E-state index < -0.39 is 34.6 Å². The van der Waals surface area contributed by atoms with Crippen LogP contribution in [-0.2, 0) is 14.3 Å². The van der Waals surface area contributed by atoms with E-state index in [1.54, 1.807) is 0 Å². The van der Waals surface area contributed by atoms with Crippen molar-refractivity contribution in [2.45, 2.75) is 31.0 Å². The molecule has 0 radical (unpaired) electrons. The average Bonchev–Trinajstić information content (AvgIpc) is 3.57. The number of carbonyl (C=O) groups is 3. The molecule has 9 nitrogen and oxygen atoms in total. The van der Waals surface area contributed by atoms with Crippen LogP contribution < -0.4 is 4.90 Å². The molecule has 9 heteroatoms. The van der Waals surface area contributed by atoms with Gasteiger partial charge in [-0.25, -0.2) is 0 Å². The summed E-state index contributed by atoms with van der Waals surface area (Å²) in [7, 11) is 0. The lowest BCUT2D eigenvalue weighted by molar-refractivity contribution is -0.384. The molecule has 2 aromatic carbocycles. The van der Waals surface area contributed by atoms with Crippen LogP contribution in [-0.4, -0.2) is 58.8 Å². The van der Waals surface area contributed by atoms with Crippen molar-refractivity contribution in [3.8, 4) is 0 Å². The number of Topliss-reactive ketones (excluding diaryl/α,β-unsaturated/α-hetero) is 1. The Kier molecular flexibility index (Phi) is 5.03. The number of carbonyl (C=O) groups excluding carboxylic acids is 3. The number of non-ortho nitro benzene ring substituents is 1. The van der Waals surface area contributed by atoms with Crippen LogP contribution in [0.2, 0.25) is 0 Å². The number of para-hydroxylation sites is 1. The highest BCUT2D eigenvalue weighted by atomic mass is 16.6. The minimum Gasteiger partial charge on any atom is -0.376 e. The van der Waals surface area contributed by atoms with Gasteiger partial charge in [0.1, 0.15) is 6.04 Å². The zero-order valence-corrected chi connectivity index (χ0v) is 18.8. The van der Waals surface area contributed by atoms with Gasteiger partial charge in [0, 0.05) is 30.0 Å². The van der Waals surface area contributed by atoms with Gasteiger partial charge in [-0.15, -0.1) is 0 Å². The number of ketones is 1. The van der Waals surface area contributed by atoms with E-state index in [9.17, 15) is 24.5 Å². The van der Waals surface area contributed by atoms with Gasteiger partial charge in [0.25, 0.3) is 5.69 Å². The van der Waals surface area contributed by atoms with Crippen molar-refractivity contribution in [3.63, 3.8) is 0 Å². The van der Waals surface area contributed by atoms with Gasteiger partial charge < -0.3 is 9.64 Å². The highest BCUT2D eigenvalue weighted by Crippen LogP contribution is 2.49. The molecule has 3 saturated heterocycles. The minimum atomic E-state index is -0.955. The summed E-state index contributed by atoms with van der Waals surface area (Å²) < 4.78 is 5.66. The predicted molar refractivity (Wildman–Crippen MR) is 126 cm³/mol. The smallest absolute Gasteiger partial charge is 0.270 e. The van der Waals surface area contributed by atoms with Crippen molar-refractivity contribution < 1.29 is 24.0 Å². The van der Waals surface area contributed by atoms with Crippen molar-refractivity contribution in [1.29, 1.82) is 0 Å². The molecule has 0 aromatic heterocycles. The summed E-state index contributed by atoms with van der Waals surface area (Å²) in [6, 6.07) is 11.7. The van der Waals surface area contributed by atoms with Crippen LogP contribution in [0.25, 0.3) is 6.08 Å². The zero-order chi connectivity index (χ0) is 24.3.